The number of benzene rings is 1. The number of carbonyl (C=O) groups is 1. The predicted octanol–water partition coefficient (Wildman–Crippen LogP) is 3.09. The fourth-order valence-corrected chi connectivity index (χ4v) is 2.81. The molecule has 0 bridgehead atoms. The number of piperidine rings is 1. The summed E-state index contributed by atoms with van der Waals surface area (Å²) >= 11 is 9.43. The first-order chi connectivity index (χ1) is 8.41. The SMILES string of the molecule is CC1(O)CCCN(C(=O)c2cccc(Br)c2Cl)C1. The Kier molecular flexibility index (Phi) is 3.99. The molecule has 5 heteroatoms. The van der Waals surface area contributed by atoms with Gasteiger partial charge in [0.25, 0.3) is 5.91 Å². The van der Waals surface area contributed by atoms with Crippen molar-refractivity contribution in [1.29, 1.82) is 0 Å². The second-order valence-corrected chi connectivity index (χ2v) is 6.16. The van der Waals surface area contributed by atoms with Crippen LogP contribution in [-0.4, -0.2) is 34.6 Å². The van der Waals surface area contributed by atoms with Crippen LogP contribution in [0.15, 0.2) is 22.7 Å². The van der Waals surface area contributed by atoms with E-state index in [1.54, 1.807) is 30.0 Å². The molecule has 1 amide bonds. The topological polar surface area (TPSA) is 40.5 Å². The molecule has 2 rings (SSSR count). The Morgan fingerprint density at radius 1 is 1.56 bits per heavy atom. The van der Waals surface area contributed by atoms with Gasteiger partial charge in [0.2, 0.25) is 0 Å². The minimum Gasteiger partial charge on any atom is -0.388 e. The highest BCUT2D eigenvalue weighted by Gasteiger charge is 2.32. The van der Waals surface area contributed by atoms with Crippen molar-refractivity contribution < 1.29 is 9.90 Å². The van der Waals surface area contributed by atoms with Gasteiger partial charge in [0, 0.05) is 17.6 Å². The van der Waals surface area contributed by atoms with Crippen molar-refractivity contribution in [2.24, 2.45) is 0 Å². The molecule has 0 saturated carbocycles. The van der Waals surface area contributed by atoms with E-state index in [1.165, 1.54) is 0 Å². The normalized spacial score (nSPS) is 24.1. The smallest absolute Gasteiger partial charge is 0.255 e. The summed E-state index contributed by atoms with van der Waals surface area (Å²) in [6.07, 6.45) is 1.54. The Balaban J connectivity index is 2.23. The van der Waals surface area contributed by atoms with E-state index in [2.05, 4.69) is 15.9 Å². The number of nitrogens with zero attached hydrogens (tertiary/aromatic N) is 1. The van der Waals surface area contributed by atoms with E-state index in [0.717, 1.165) is 12.8 Å². The van der Waals surface area contributed by atoms with E-state index in [1.807, 2.05) is 0 Å². The highest BCUT2D eigenvalue weighted by atomic mass is 79.9. The van der Waals surface area contributed by atoms with Crippen molar-refractivity contribution in [3.05, 3.63) is 33.3 Å². The zero-order valence-electron chi connectivity index (χ0n) is 10.1. The number of amides is 1. The highest BCUT2D eigenvalue weighted by molar-refractivity contribution is 9.10. The van der Waals surface area contributed by atoms with Crippen LogP contribution in [0.1, 0.15) is 30.1 Å². The van der Waals surface area contributed by atoms with Crippen LogP contribution in [0.3, 0.4) is 0 Å². The van der Waals surface area contributed by atoms with Gasteiger partial charge in [-0.15, -0.1) is 0 Å². The van der Waals surface area contributed by atoms with Gasteiger partial charge in [-0.3, -0.25) is 4.79 Å². The molecule has 1 unspecified atom stereocenters. The van der Waals surface area contributed by atoms with E-state index in [4.69, 9.17) is 11.6 Å². The molecule has 3 nitrogen and oxygen atoms in total. The number of aliphatic hydroxyl groups is 1. The molecule has 1 atom stereocenters. The molecule has 1 heterocycles. The minimum absolute atomic E-state index is 0.124. The lowest BCUT2D eigenvalue weighted by atomic mass is 9.94. The van der Waals surface area contributed by atoms with E-state index in [9.17, 15) is 9.90 Å². The molecule has 0 aliphatic carbocycles. The Hall–Kier alpha value is -0.580. The van der Waals surface area contributed by atoms with E-state index in [0.29, 0.717) is 28.1 Å². The lowest BCUT2D eigenvalue weighted by molar-refractivity contribution is -0.0107. The van der Waals surface area contributed by atoms with Gasteiger partial charge >= 0.3 is 0 Å². The third kappa shape index (κ3) is 2.87. The van der Waals surface area contributed by atoms with Crippen LogP contribution in [0.25, 0.3) is 0 Å². The molecule has 1 N–H and O–H groups in total. The Morgan fingerprint density at radius 3 is 2.94 bits per heavy atom. The van der Waals surface area contributed by atoms with E-state index < -0.39 is 5.60 Å². The molecule has 1 aliphatic rings. The zero-order valence-corrected chi connectivity index (χ0v) is 12.5. The predicted molar refractivity (Wildman–Crippen MR) is 74.9 cm³/mol. The van der Waals surface area contributed by atoms with Crippen LogP contribution >= 0.6 is 27.5 Å². The van der Waals surface area contributed by atoms with Crippen LogP contribution in [0.4, 0.5) is 0 Å². The summed E-state index contributed by atoms with van der Waals surface area (Å²) in [5.41, 5.74) is -0.324. The molecule has 1 aromatic carbocycles. The van der Waals surface area contributed by atoms with Crippen molar-refractivity contribution in [3.8, 4) is 0 Å². The van der Waals surface area contributed by atoms with Crippen LogP contribution in [0.2, 0.25) is 5.02 Å². The second-order valence-electron chi connectivity index (χ2n) is 4.93. The first-order valence-electron chi connectivity index (χ1n) is 5.86. The van der Waals surface area contributed by atoms with Gasteiger partial charge in [-0.05, 0) is 47.8 Å². The van der Waals surface area contributed by atoms with Crippen molar-refractivity contribution in [3.63, 3.8) is 0 Å². The van der Waals surface area contributed by atoms with Crippen LogP contribution in [-0.2, 0) is 0 Å². The fourth-order valence-electron chi connectivity index (χ4n) is 2.23. The van der Waals surface area contributed by atoms with Gasteiger partial charge in [-0.1, -0.05) is 17.7 Å². The summed E-state index contributed by atoms with van der Waals surface area (Å²) in [7, 11) is 0. The number of hydrogen-bond acceptors (Lipinski definition) is 2. The number of β-amino-alcohol motifs (C(OH)–C–C–N with tert-alkyl or cyclic N) is 1. The van der Waals surface area contributed by atoms with Crippen molar-refractivity contribution in [1.82, 2.24) is 4.90 Å². The van der Waals surface area contributed by atoms with Gasteiger partial charge in [0.05, 0.1) is 16.2 Å². The Bertz CT molecular complexity index is 476. The zero-order chi connectivity index (χ0) is 13.3. The number of rotatable bonds is 1. The average Bonchev–Trinajstić information content (AvgIpc) is 2.30. The monoisotopic (exact) mass is 331 g/mol. The molecule has 1 saturated heterocycles. The van der Waals surface area contributed by atoms with Crippen molar-refractivity contribution >= 4 is 33.4 Å². The van der Waals surface area contributed by atoms with Gasteiger partial charge in [-0.25, -0.2) is 0 Å². The van der Waals surface area contributed by atoms with Crippen LogP contribution in [0.5, 0.6) is 0 Å². The van der Waals surface area contributed by atoms with Gasteiger partial charge in [-0.2, -0.15) is 0 Å². The summed E-state index contributed by atoms with van der Waals surface area (Å²) < 4.78 is 0.707. The van der Waals surface area contributed by atoms with Gasteiger partial charge in [0.1, 0.15) is 0 Å². The summed E-state index contributed by atoms with van der Waals surface area (Å²) in [4.78, 5) is 14.0. The Morgan fingerprint density at radius 2 is 2.28 bits per heavy atom. The van der Waals surface area contributed by atoms with E-state index in [-0.39, 0.29) is 5.91 Å². The largest absolute Gasteiger partial charge is 0.388 e. The maximum Gasteiger partial charge on any atom is 0.255 e. The first kappa shape index (κ1) is 13.8. The molecular weight excluding hydrogens is 318 g/mol. The lowest BCUT2D eigenvalue weighted by Gasteiger charge is -2.37. The fraction of sp³-hybridized carbons (Fsp3) is 0.462. The maximum absolute atomic E-state index is 12.4. The van der Waals surface area contributed by atoms with Crippen molar-refractivity contribution in [2.45, 2.75) is 25.4 Å². The summed E-state index contributed by atoms with van der Waals surface area (Å²) in [5.74, 6) is -0.124. The van der Waals surface area contributed by atoms with Gasteiger partial charge < -0.3 is 10.0 Å². The molecule has 0 spiro atoms. The third-order valence-electron chi connectivity index (χ3n) is 3.14. The second kappa shape index (κ2) is 5.19. The standard InChI is InChI=1S/C13H15BrClNO2/c1-13(18)6-3-7-16(8-13)12(17)9-4-2-5-10(14)11(9)15/h2,4-5,18H,3,6-8H2,1H3. The van der Waals surface area contributed by atoms with Crippen LogP contribution in [0, 0.1) is 0 Å². The van der Waals surface area contributed by atoms with Crippen LogP contribution < -0.4 is 0 Å². The molecule has 0 aromatic heterocycles. The molecule has 18 heavy (non-hydrogen) atoms. The first-order valence-corrected chi connectivity index (χ1v) is 7.03. The lowest BCUT2D eigenvalue weighted by Crippen LogP contribution is -2.48. The summed E-state index contributed by atoms with van der Waals surface area (Å²) in [5, 5.41) is 10.5. The minimum atomic E-state index is -0.799. The number of hydrogen-bond donors (Lipinski definition) is 1. The van der Waals surface area contributed by atoms with E-state index >= 15 is 0 Å². The molecular formula is C13H15BrClNO2. The molecule has 1 fully saturated rings. The number of halogens is 2. The summed E-state index contributed by atoms with van der Waals surface area (Å²) in [6, 6.07) is 5.29. The maximum atomic E-state index is 12.4. The number of carbonyl (C=O) groups excluding carboxylic acids is 1. The quantitative estimate of drug-likeness (QED) is 0.858. The van der Waals surface area contributed by atoms with Crippen molar-refractivity contribution in [2.75, 3.05) is 13.1 Å². The Labute approximate surface area is 120 Å². The highest BCUT2D eigenvalue weighted by Crippen LogP contribution is 2.29. The third-order valence-corrected chi connectivity index (χ3v) is 4.44. The molecule has 98 valence electrons. The number of likely N-dealkylation sites (tertiary alicyclic amines) is 1. The average molecular weight is 333 g/mol. The summed E-state index contributed by atoms with van der Waals surface area (Å²) in [6.45, 7) is 2.78. The molecule has 1 aromatic rings. The molecule has 1 aliphatic heterocycles. The van der Waals surface area contributed by atoms with Gasteiger partial charge in [0.15, 0.2) is 0 Å². The molecule has 0 radical (unpaired) electrons.